The third-order valence-electron chi connectivity index (χ3n) is 1.22. The van der Waals surface area contributed by atoms with Gasteiger partial charge in [-0.2, -0.15) is 0 Å². The first kappa shape index (κ1) is 10.4. The van der Waals surface area contributed by atoms with Crippen molar-refractivity contribution >= 4 is 5.91 Å². The van der Waals surface area contributed by atoms with Gasteiger partial charge in [-0.05, 0) is 6.42 Å². The van der Waals surface area contributed by atoms with Gasteiger partial charge in [0.15, 0.2) is 0 Å². The summed E-state index contributed by atoms with van der Waals surface area (Å²) in [6, 6.07) is 0. The summed E-state index contributed by atoms with van der Waals surface area (Å²) < 4.78 is 4.79. The van der Waals surface area contributed by atoms with E-state index in [0.717, 1.165) is 6.42 Å². The van der Waals surface area contributed by atoms with Crippen LogP contribution in [0.15, 0.2) is 0 Å². The Morgan fingerprint density at radius 2 is 2.36 bits per heavy atom. The zero-order valence-electron chi connectivity index (χ0n) is 6.93. The maximum Gasteiger partial charge on any atom is 0.220 e. The van der Waals surface area contributed by atoms with Crippen molar-refractivity contribution in [2.75, 3.05) is 26.8 Å². The second kappa shape index (κ2) is 7.50. The molecule has 3 N–H and O–H groups in total. The van der Waals surface area contributed by atoms with Crippen molar-refractivity contribution in [2.24, 2.45) is 5.73 Å². The zero-order valence-corrected chi connectivity index (χ0v) is 6.93. The van der Waals surface area contributed by atoms with Crippen LogP contribution in [0.4, 0.5) is 0 Å². The Kier molecular flexibility index (Phi) is 7.08. The molecular weight excluding hydrogens is 144 g/mol. The largest absolute Gasteiger partial charge is 0.385 e. The Labute approximate surface area is 67.1 Å². The highest BCUT2D eigenvalue weighted by molar-refractivity contribution is 5.75. The van der Waals surface area contributed by atoms with Crippen LogP contribution in [0.5, 0.6) is 0 Å². The molecule has 0 aliphatic rings. The summed E-state index contributed by atoms with van der Waals surface area (Å²) in [5, 5.41) is 2.67. The lowest BCUT2D eigenvalue weighted by molar-refractivity contribution is -0.121. The number of hydrogen-bond donors (Lipinski definition) is 2. The van der Waals surface area contributed by atoms with E-state index in [9.17, 15) is 4.79 Å². The maximum absolute atomic E-state index is 10.9. The first-order chi connectivity index (χ1) is 5.31. The Morgan fingerprint density at radius 1 is 1.64 bits per heavy atom. The van der Waals surface area contributed by atoms with E-state index in [1.165, 1.54) is 0 Å². The van der Waals surface area contributed by atoms with Gasteiger partial charge in [0.25, 0.3) is 0 Å². The molecule has 0 aliphatic heterocycles. The minimum absolute atomic E-state index is 0.0486. The molecule has 0 unspecified atom stereocenters. The van der Waals surface area contributed by atoms with Crippen LogP contribution < -0.4 is 11.1 Å². The molecule has 0 aromatic heterocycles. The van der Waals surface area contributed by atoms with Gasteiger partial charge >= 0.3 is 0 Å². The summed E-state index contributed by atoms with van der Waals surface area (Å²) in [5.41, 5.74) is 5.19. The summed E-state index contributed by atoms with van der Waals surface area (Å²) in [4.78, 5) is 10.9. The number of methoxy groups -OCH3 is 1. The summed E-state index contributed by atoms with van der Waals surface area (Å²) in [5.74, 6) is 0.0486. The molecule has 4 heteroatoms. The van der Waals surface area contributed by atoms with Crippen molar-refractivity contribution in [3.05, 3.63) is 0 Å². The van der Waals surface area contributed by atoms with Crippen LogP contribution in [-0.2, 0) is 9.53 Å². The van der Waals surface area contributed by atoms with E-state index in [0.29, 0.717) is 26.1 Å². The Morgan fingerprint density at radius 3 is 2.91 bits per heavy atom. The predicted molar refractivity (Wildman–Crippen MR) is 43.2 cm³/mol. The van der Waals surface area contributed by atoms with Crippen LogP contribution >= 0.6 is 0 Å². The highest BCUT2D eigenvalue weighted by Crippen LogP contribution is 1.87. The lowest BCUT2D eigenvalue weighted by atomic mass is 10.3. The van der Waals surface area contributed by atoms with Crippen LogP contribution in [0.1, 0.15) is 12.8 Å². The number of hydrogen-bond acceptors (Lipinski definition) is 3. The van der Waals surface area contributed by atoms with E-state index in [-0.39, 0.29) is 5.91 Å². The van der Waals surface area contributed by atoms with E-state index in [1.54, 1.807) is 7.11 Å². The molecule has 1 amide bonds. The van der Waals surface area contributed by atoms with Gasteiger partial charge in [0.05, 0.1) is 0 Å². The molecule has 0 spiro atoms. The quantitative estimate of drug-likeness (QED) is 0.514. The number of carbonyl (C=O) groups is 1. The highest BCUT2D eigenvalue weighted by Gasteiger charge is 1.97. The first-order valence-corrected chi connectivity index (χ1v) is 3.77. The standard InChI is InChI=1S/C7H16N2O2/c1-11-6-2-3-7(10)9-5-4-8/h2-6,8H2,1H3,(H,9,10). The summed E-state index contributed by atoms with van der Waals surface area (Å²) in [6.45, 7) is 1.69. The van der Waals surface area contributed by atoms with Crippen molar-refractivity contribution in [3.63, 3.8) is 0 Å². The molecule has 0 saturated carbocycles. The molecular formula is C7H16N2O2. The normalized spacial score (nSPS) is 9.64. The SMILES string of the molecule is COCCCC(=O)NCCN. The molecule has 11 heavy (non-hydrogen) atoms. The van der Waals surface area contributed by atoms with Gasteiger partial charge in [-0.3, -0.25) is 4.79 Å². The van der Waals surface area contributed by atoms with Crippen LogP contribution in [-0.4, -0.2) is 32.7 Å². The third kappa shape index (κ3) is 7.29. The van der Waals surface area contributed by atoms with Crippen LogP contribution in [0.25, 0.3) is 0 Å². The van der Waals surface area contributed by atoms with Crippen molar-refractivity contribution in [1.29, 1.82) is 0 Å². The highest BCUT2D eigenvalue weighted by atomic mass is 16.5. The Balaban J connectivity index is 3.09. The predicted octanol–water partition coefficient (Wildman–Crippen LogP) is -0.512. The van der Waals surface area contributed by atoms with Crippen molar-refractivity contribution in [3.8, 4) is 0 Å². The minimum atomic E-state index is 0.0486. The monoisotopic (exact) mass is 160 g/mol. The van der Waals surface area contributed by atoms with Crippen molar-refractivity contribution < 1.29 is 9.53 Å². The van der Waals surface area contributed by atoms with Gasteiger partial charge in [0.2, 0.25) is 5.91 Å². The Hall–Kier alpha value is -0.610. The molecule has 0 fully saturated rings. The topological polar surface area (TPSA) is 64.3 Å². The fraction of sp³-hybridized carbons (Fsp3) is 0.857. The molecule has 0 aromatic carbocycles. The summed E-state index contributed by atoms with van der Waals surface area (Å²) >= 11 is 0. The van der Waals surface area contributed by atoms with Gasteiger partial charge in [-0.1, -0.05) is 0 Å². The van der Waals surface area contributed by atoms with E-state index >= 15 is 0 Å². The number of carbonyl (C=O) groups excluding carboxylic acids is 1. The minimum Gasteiger partial charge on any atom is -0.385 e. The molecule has 0 atom stereocenters. The fourth-order valence-electron chi connectivity index (χ4n) is 0.677. The number of nitrogens with one attached hydrogen (secondary N) is 1. The average molecular weight is 160 g/mol. The number of ether oxygens (including phenoxy) is 1. The van der Waals surface area contributed by atoms with E-state index in [2.05, 4.69) is 5.32 Å². The molecule has 0 aromatic rings. The summed E-state index contributed by atoms with van der Waals surface area (Å²) in [7, 11) is 1.62. The van der Waals surface area contributed by atoms with Gasteiger partial charge in [0.1, 0.15) is 0 Å². The van der Waals surface area contributed by atoms with E-state index in [1.807, 2.05) is 0 Å². The molecule has 0 saturated heterocycles. The molecule has 0 heterocycles. The molecule has 0 aliphatic carbocycles. The maximum atomic E-state index is 10.9. The first-order valence-electron chi connectivity index (χ1n) is 3.77. The van der Waals surface area contributed by atoms with E-state index < -0.39 is 0 Å². The molecule has 66 valence electrons. The van der Waals surface area contributed by atoms with Crippen LogP contribution in [0.3, 0.4) is 0 Å². The van der Waals surface area contributed by atoms with Gasteiger partial charge < -0.3 is 15.8 Å². The van der Waals surface area contributed by atoms with Crippen LogP contribution in [0, 0.1) is 0 Å². The number of amides is 1. The number of rotatable bonds is 6. The number of nitrogens with two attached hydrogens (primary N) is 1. The third-order valence-corrected chi connectivity index (χ3v) is 1.22. The van der Waals surface area contributed by atoms with Gasteiger partial charge in [0, 0.05) is 33.2 Å². The zero-order chi connectivity index (χ0) is 8.53. The van der Waals surface area contributed by atoms with Crippen LogP contribution in [0.2, 0.25) is 0 Å². The van der Waals surface area contributed by atoms with Crippen molar-refractivity contribution in [1.82, 2.24) is 5.32 Å². The van der Waals surface area contributed by atoms with Crippen molar-refractivity contribution in [2.45, 2.75) is 12.8 Å². The van der Waals surface area contributed by atoms with Gasteiger partial charge in [-0.15, -0.1) is 0 Å². The second-order valence-electron chi connectivity index (χ2n) is 2.23. The average Bonchev–Trinajstić information content (AvgIpc) is 2.01. The lowest BCUT2D eigenvalue weighted by Gasteiger charge is -2.01. The molecule has 0 radical (unpaired) electrons. The molecule has 4 nitrogen and oxygen atoms in total. The Bertz CT molecular complexity index is 107. The van der Waals surface area contributed by atoms with E-state index in [4.69, 9.17) is 10.5 Å². The lowest BCUT2D eigenvalue weighted by Crippen LogP contribution is -2.28. The molecule has 0 bridgehead atoms. The van der Waals surface area contributed by atoms with Gasteiger partial charge in [-0.25, -0.2) is 0 Å². The second-order valence-corrected chi connectivity index (χ2v) is 2.23. The fourth-order valence-corrected chi connectivity index (χ4v) is 0.677. The molecule has 0 rings (SSSR count). The summed E-state index contributed by atoms with van der Waals surface area (Å²) in [6.07, 6.45) is 1.29. The smallest absolute Gasteiger partial charge is 0.220 e.